The molecule has 4 rings (SSSR count). The van der Waals surface area contributed by atoms with Crippen molar-refractivity contribution in [2.24, 2.45) is 0 Å². The van der Waals surface area contributed by atoms with E-state index < -0.39 is 10.8 Å². The maximum absolute atomic E-state index is 12.8. The van der Waals surface area contributed by atoms with Gasteiger partial charge in [0.2, 0.25) is 17.7 Å². The normalized spacial score (nSPS) is 13.6. The van der Waals surface area contributed by atoms with E-state index in [1.54, 1.807) is 12.1 Å². The molecule has 3 amide bonds. The number of imide groups is 1. The molecular formula is C20H19N7O6. The molecule has 1 aliphatic rings. The average molecular weight is 453 g/mol. The molecule has 1 aromatic carbocycles. The predicted molar refractivity (Wildman–Crippen MR) is 113 cm³/mol. The Morgan fingerprint density at radius 3 is 2.48 bits per heavy atom. The number of amides is 3. The monoisotopic (exact) mass is 453 g/mol. The molecule has 170 valence electrons. The second-order valence-electron chi connectivity index (χ2n) is 7.43. The maximum atomic E-state index is 12.8. The lowest BCUT2D eigenvalue weighted by Crippen LogP contribution is -2.40. The number of likely N-dealkylation sites (tertiary alicyclic amines) is 1. The molecule has 1 aliphatic heterocycles. The molecule has 0 bridgehead atoms. The summed E-state index contributed by atoms with van der Waals surface area (Å²) in [6, 6.07) is 5.89. The molecule has 0 radical (unpaired) electrons. The van der Waals surface area contributed by atoms with Crippen LogP contribution in [0.2, 0.25) is 0 Å². The molecule has 1 saturated heterocycles. The molecule has 3 aromatic rings. The number of carbonyl (C=O) groups is 3. The van der Waals surface area contributed by atoms with Gasteiger partial charge in [0.15, 0.2) is 5.65 Å². The van der Waals surface area contributed by atoms with Crippen LogP contribution in [0.15, 0.2) is 41.6 Å². The number of hydrogen-bond acceptors (Lipinski definition) is 8. The van der Waals surface area contributed by atoms with Crippen LogP contribution in [-0.2, 0) is 27.5 Å². The number of nitro benzene ring substituents is 1. The highest BCUT2D eigenvalue weighted by Gasteiger charge is 2.30. The molecule has 0 spiro atoms. The van der Waals surface area contributed by atoms with E-state index in [0.717, 1.165) is 4.90 Å². The van der Waals surface area contributed by atoms with Crippen molar-refractivity contribution in [1.29, 1.82) is 0 Å². The fraction of sp³-hybridized carbons (Fsp3) is 0.300. The number of nitro groups is 1. The summed E-state index contributed by atoms with van der Waals surface area (Å²) in [5, 5.41) is 17.8. The molecule has 13 nitrogen and oxygen atoms in total. The van der Waals surface area contributed by atoms with Crippen LogP contribution in [0.5, 0.6) is 0 Å². The second kappa shape index (κ2) is 8.98. The van der Waals surface area contributed by atoms with E-state index in [1.807, 2.05) is 0 Å². The van der Waals surface area contributed by atoms with Crippen molar-refractivity contribution in [1.82, 2.24) is 29.5 Å². The minimum Gasteiger partial charge on any atom is -0.353 e. The van der Waals surface area contributed by atoms with Gasteiger partial charge in [-0.15, -0.1) is 0 Å². The average Bonchev–Trinajstić information content (AvgIpc) is 3.35. The number of rotatable bonds is 8. The van der Waals surface area contributed by atoms with Crippen molar-refractivity contribution in [3.05, 3.63) is 62.8 Å². The van der Waals surface area contributed by atoms with E-state index in [1.165, 1.54) is 33.9 Å². The van der Waals surface area contributed by atoms with Gasteiger partial charge in [-0.2, -0.15) is 5.10 Å². The highest BCUT2D eigenvalue weighted by atomic mass is 16.6. The Kier molecular flexibility index (Phi) is 5.93. The van der Waals surface area contributed by atoms with Crippen LogP contribution in [0.4, 0.5) is 5.69 Å². The number of non-ortho nitro benzene ring substituents is 1. The number of benzene rings is 1. The van der Waals surface area contributed by atoms with Crippen LogP contribution < -0.4 is 10.9 Å². The Morgan fingerprint density at radius 1 is 1.12 bits per heavy atom. The summed E-state index contributed by atoms with van der Waals surface area (Å²) in [6.07, 6.45) is 3.01. The first-order valence-electron chi connectivity index (χ1n) is 10.1. The van der Waals surface area contributed by atoms with Gasteiger partial charge in [0.1, 0.15) is 18.3 Å². The predicted octanol–water partition coefficient (Wildman–Crippen LogP) is -0.185. The summed E-state index contributed by atoms with van der Waals surface area (Å²) >= 11 is 0. The zero-order valence-corrected chi connectivity index (χ0v) is 17.3. The largest absolute Gasteiger partial charge is 0.353 e. The summed E-state index contributed by atoms with van der Waals surface area (Å²) in [5.74, 6) is -1.18. The van der Waals surface area contributed by atoms with E-state index in [0.29, 0.717) is 16.6 Å². The third kappa shape index (κ3) is 4.61. The highest BCUT2D eigenvalue weighted by Crippen LogP contribution is 2.13. The molecular weight excluding hydrogens is 434 g/mol. The quantitative estimate of drug-likeness (QED) is 0.279. The van der Waals surface area contributed by atoms with Crippen LogP contribution >= 0.6 is 0 Å². The van der Waals surface area contributed by atoms with Crippen molar-refractivity contribution < 1.29 is 19.3 Å². The van der Waals surface area contributed by atoms with Gasteiger partial charge in [-0.05, 0) is 5.56 Å². The lowest BCUT2D eigenvalue weighted by molar-refractivity contribution is -0.384. The lowest BCUT2D eigenvalue weighted by atomic mass is 10.2. The van der Waals surface area contributed by atoms with Gasteiger partial charge >= 0.3 is 0 Å². The Morgan fingerprint density at radius 2 is 1.82 bits per heavy atom. The molecule has 1 N–H and O–H groups in total. The molecule has 1 fully saturated rings. The van der Waals surface area contributed by atoms with Gasteiger partial charge in [0.25, 0.3) is 11.2 Å². The van der Waals surface area contributed by atoms with Gasteiger partial charge < -0.3 is 5.32 Å². The topological polar surface area (TPSA) is 162 Å². The zero-order chi connectivity index (χ0) is 23.5. The second-order valence-corrected chi connectivity index (χ2v) is 7.43. The first-order chi connectivity index (χ1) is 15.8. The molecule has 0 unspecified atom stereocenters. The van der Waals surface area contributed by atoms with E-state index >= 15 is 0 Å². The van der Waals surface area contributed by atoms with E-state index in [9.17, 15) is 29.3 Å². The Bertz CT molecular complexity index is 1290. The highest BCUT2D eigenvalue weighted by molar-refractivity contribution is 6.04. The van der Waals surface area contributed by atoms with Gasteiger partial charge in [-0.3, -0.25) is 38.8 Å². The number of aromatic nitrogens is 4. The summed E-state index contributed by atoms with van der Waals surface area (Å²) in [4.78, 5) is 63.5. The van der Waals surface area contributed by atoms with Crippen molar-refractivity contribution in [2.75, 3.05) is 13.1 Å². The van der Waals surface area contributed by atoms with Gasteiger partial charge in [-0.25, -0.2) is 9.67 Å². The minimum atomic E-state index is -0.494. The third-order valence-corrected chi connectivity index (χ3v) is 5.22. The van der Waals surface area contributed by atoms with Crippen LogP contribution in [0.1, 0.15) is 18.4 Å². The summed E-state index contributed by atoms with van der Waals surface area (Å²) in [7, 11) is 0. The Balaban J connectivity index is 1.39. The van der Waals surface area contributed by atoms with Crippen molar-refractivity contribution in [2.45, 2.75) is 25.9 Å². The molecule has 13 heteroatoms. The Labute approximate surface area is 185 Å². The lowest BCUT2D eigenvalue weighted by Gasteiger charge is -2.13. The zero-order valence-electron chi connectivity index (χ0n) is 17.3. The molecule has 0 saturated carbocycles. The van der Waals surface area contributed by atoms with Crippen LogP contribution in [0, 0.1) is 10.1 Å². The van der Waals surface area contributed by atoms with Crippen molar-refractivity contribution >= 4 is 34.4 Å². The van der Waals surface area contributed by atoms with Crippen LogP contribution in [0.25, 0.3) is 11.0 Å². The smallest absolute Gasteiger partial charge is 0.269 e. The molecule has 2 aromatic heterocycles. The first kappa shape index (κ1) is 21.8. The minimum absolute atomic E-state index is 0.0355. The van der Waals surface area contributed by atoms with E-state index in [2.05, 4.69) is 15.4 Å². The summed E-state index contributed by atoms with van der Waals surface area (Å²) < 4.78 is 2.85. The SMILES string of the molecule is O=C(CN1C(=O)CCC1=O)NCCn1ncc2c(=O)n(Cc3ccc([N+](=O)[O-])cc3)cnc21. The van der Waals surface area contributed by atoms with Crippen molar-refractivity contribution in [3.8, 4) is 0 Å². The fourth-order valence-corrected chi connectivity index (χ4v) is 3.49. The van der Waals surface area contributed by atoms with Gasteiger partial charge in [0, 0.05) is 31.5 Å². The molecule has 0 atom stereocenters. The van der Waals surface area contributed by atoms with Crippen LogP contribution in [0.3, 0.4) is 0 Å². The number of fused-ring (bicyclic) bond motifs is 1. The maximum Gasteiger partial charge on any atom is 0.269 e. The summed E-state index contributed by atoms with van der Waals surface area (Å²) in [5.41, 5.74) is 0.694. The number of nitrogens with zero attached hydrogens (tertiary/aromatic N) is 6. The van der Waals surface area contributed by atoms with E-state index in [4.69, 9.17) is 0 Å². The summed E-state index contributed by atoms with van der Waals surface area (Å²) in [6.45, 7) is 0.271. The molecule has 33 heavy (non-hydrogen) atoms. The standard InChI is InChI=1S/C20H19N7O6/c28-16(11-25-17(29)5-6-18(25)30)21-7-8-26-19-15(9-23-26)20(31)24(12-22-19)10-13-1-3-14(4-2-13)27(32)33/h1-4,9,12H,5-8,10-11H2,(H,21,28). The third-order valence-electron chi connectivity index (χ3n) is 5.22. The van der Waals surface area contributed by atoms with Crippen molar-refractivity contribution in [3.63, 3.8) is 0 Å². The first-order valence-corrected chi connectivity index (χ1v) is 10.1. The van der Waals surface area contributed by atoms with Gasteiger partial charge in [-0.1, -0.05) is 12.1 Å². The van der Waals surface area contributed by atoms with Crippen LogP contribution in [-0.4, -0.2) is 60.0 Å². The number of carbonyl (C=O) groups excluding carboxylic acids is 3. The molecule has 0 aliphatic carbocycles. The number of nitrogens with one attached hydrogen (secondary N) is 1. The van der Waals surface area contributed by atoms with Gasteiger partial charge in [0.05, 0.1) is 24.2 Å². The number of hydrogen-bond donors (Lipinski definition) is 1. The van der Waals surface area contributed by atoms with E-state index in [-0.39, 0.29) is 62.1 Å². The Hall–Kier alpha value is -4.42. The molecule has 3 heterocycles. The fourth-order valence-electron chi connectivity index (χ4n) is 3.49.